The summed E-state index contributed by atoms with van der Waals surface area (Å²) in [6.45, 7) is 6.04. The summed E-state index contributed by atoms with van der Waals surface area (Å²) in [5, 5.41) is 21.1. The number of anilines is 3. The van der Waals surface area contributed by atoms with Crippen LogP contribution in [0.3, 0.4) is 0 Å². The maximum atomic E-state index is 12.0. The molecule has 3 heterocycles. The molecule has 0 aliphatic heterocycles. The summed E-state index contributed by atoms with van der Waals surface area (Å²) in [6, 6.07) is 15.1. The number of carbonyl (C=O) groups excluding carboxylic acids is 1. The molecule has 0 saturated carbocycles. The van der Waals surface area contributed by atoms with Crippen LogP contribution in [0.15, 0.2) is 60.0 Å². The third kappa shape index (κ3) is 4.87. The van der Waals surface area contributed by atoms with E-state index >= 15 is 0 Å². The number of hydrogen-bond acceptors (Lipinski definition) is 6. The van der Waals surface area contributed by atoms with Crippen LogP contribution in [0, 0.1) is 20.8 Å². The molecule has 0 fully saturated rings. The summed E-state index contributed by atoms with van der Waals surface area (Å²) in [5.74, 6) is 1.13. The SMILES string of the molecule is Cc1nn(-c2ccc(Nc3ccc(NC(=O)/C=C/c4cccs4)cc3)nn2)c(C)c1C. The van der Waals surface area contributed by atoms with Crippen molar-refractivity contribution in [3.63, 3.8) is 0 Å². The van der Waals surface area contributed by atoms with Crippen molar-refractivity contribution in [1.29, 1.82) is 0 Å². The molecule has 7 nitrogen and oxygen atoms in total. The van der Waals surface area contributed by atoms with Crippen LogP contribution in [0.4, 0.5) is 17.2 Å². The average molecular weight is 431 g/mol. The number of carbonyl (C=O) groups is 1. The largest absolute Gasteiger partial charge is 0.339 e. The molecular formula is C23H22N6OS. The molecule has 4 aromatic rings. The Balaban J connectivity index is 1.37. The van der Waals surface area contributed by atoms with Gasteiger partial charge in [-0.15, -0.1) is 21.5 Å². The number of aryl methyl sites for hydroxylation is 1. The molecule has 0 bridgehead atoms. The maximum Gasteiger partial charge on any atom is 0.248 e. The Morgan fingerprint density at radius 2 is 1.77 bits per heavy atom. The lowest BCUT2D eigenvalue weighted by Gasteiger charge is -2.08. The van der Waals surface area contributed by atoms with Gasteiger partial charge in [0.25, 0.3) is 0 Å². The molecule has 0 radical (unpaired) electrons. The van der Waals surface area contributed by atoms with Crippen molar-refractivity contribution in [3.8, 4) is 5.82 Å². The van der Waals surface area contributed by atoms with E-state index in [2.05, 4.69) is 25.9 Å². The van der Waals surface area contributed by atoms with Crippen molar-refractivity contribution in [2.24, 2.45) is 0 Å². The minimum atomic E-state index is -0.171. The monoisotopic (exact) mass is 430 g/mol. The molecule has 0 aliphatic carbocycles. The second-order valence-electron chi connectivity index (χ2n) is 7.02. The normalized spacial score (nSPS) is 11.1. The number of aromatic nitrogens is 4. The highest BCUT2D eigenvalue weighted by Crippen LogP contribution is 2.19. The van der Waals surface area contributed by atoms with E-state index in [4.69, 9.17) is 0 Å². The molecule has 0 spiro atoms. The lowest BCUT2D eigenvalue weighted by molar-refractivity contribution is -0.111. The summed E-state index contributed by atoms with van der Waals surface area (Å²) < 4.78 is 1.80. The van der Waals surface area contributed by atoms with E-state index in [1.54, 1.807) is 22.1 Å². The van der Waals surface area contributed by atoms with Crippen molar-refractivity contribution in [3.05, 3.63) is 81.8 Å². The predicted octanol–water partition coefficient (Wildman–Crippen LogP) is 5.04. The third-order valence-corrected chi connectivity index (χ3v) is 5.73. The number of thiophene rings is 1. The lowest BCUT2D eigenvalue weighted by atomic mass is 10.2. The number of rotatable bonds is 6. The molecule has 8 heteroatoms. The number of benzene rings is 1. The Morgan fingerprint density at radius 3 is 2.39 bits per heavy atom. The molecule has 0 saturated heterocycles. The molecular weight excluding hydrogens is 408 g/mol. The Labute approximate surface area is 184 Å². The first kappa shape index (κ1) is 20.5. The van der Waals surface area contributed by atoms with E-state index in [-0.39, 0.29) is 5.91 Å². The Kier molecular flexibility index (Phi) is 5.90. The quantitative estimate of drug-likeness (QED) is 0.419. The van der Waals surface area contributed by atoms with E-state index < -0.39 is 0 Å². The van der Waals surface area contributed by atoms with Crippen LogP contribution in [-0.2, 0) is 4.79 Å². The minimum Gasteiger partial charge on any atom is -0.339 e. The van der Waals surface area contributed by atoms with E-state index in [1.807, 2.05) is 74.7 Å². The molecule has 0 unspecified atom stereocenters. The van der Waals surface area contributed by atoms with Crippen LogP contribution >= 0.6 is 11.3 Å². The number of nitrogens with one attached hydrogen (secondary N) is 2. The van der Waals surface area contributed by atoms with Gasteiger partial charge in [0, 0.05) is 28.0 Å². The van der Waals surface area contributed by atoms with E-state index in [1.165, 1.54) is 6.08 Å². The number of amides is 1. The minimum absolute atomic E-state index is 0.171. The molecule has 31 heavy (non-hydrogen) atoms. The van der Waals surface area contributed by atoms with Gasteiger partial charge in [-0.3, -0.25) is 4.79 Å². The van der Waals surface area contributed by atoms with Crippen molar-refractivity contribution < 1.29 is 4.79 Å². The molecule has 1 amide bonds. The van der Waals surface area contributed by atoms with Crippen LogP contribution in [0.5, 0.6) is 0 Å². The molecule has 156 valence electrons. The van der Waals surface area contributed by atoms with Gasteiger partial charge in [-0.05, 0) is 80.3 Å². The summed E-state index contributed by atoms with van der Waals surface area (Å²) in [4.78, 5) is 13.1. The van der Waals surface area contributed by atoms with Gasteiger partial charge in [0.15, 0.2) is 11.6 Å². The average Bonchev–Trinajstić information content (AvgIpc) is 3.39. The Morgan fingerprint density at radius 1 is 1.00 bits per heavy atom. The van der Waals surface area contributed by atoms with Gasteiger partial charge in [-0.1, -0.05) is 6.07 Å². The highest BCUT2D eigenvalue weighted by Gasteiger charge is 2.10. The van der Waals surface area contributed by atoms with Crippen molar-refractivity contribution in [1.82, 2.24) is 20.0 Å². The maximum absolute atomic E-state index is 12.0. The van der Waals surface area contributed by atoms with Gasteiger partial charge in [-0.25, -0.2) is 4.68 Å². The van der Waals surface area contributed by atoms with Gasteiger partial charge in [-0.2, -0.15) is 5.10 Å². The fraction of sp³-hybridized carbons (Fsp3) is 0.130. The van der Waals surface area contributed by atoms with Crippen LogP contribution in [0.25, 0.3) is 11.9 Å². The zero-order chi connectivity index (χ0) is 21.8. The molecule has 1 aromatic carbocycles. The standard InChI is InChI=1S/C23H22N6OS/c1-15-16(2)28-29(17(15)3)22-12-11-21(26-27-22)24-18-6-8-19(9-7-18)25-23(30)13-10-20-5-4-14-31-20/h4-14H,1-3H3,(H,24,26)(H,25,30)/b13-10+. The van der Waals surface area contributed by atoms with Crippen LogP contribution in [0.1, 0.15) is 21.8 Å². The van der Waals surface area contributed by atoms with E-state index in [0.29, 0.717) is 17.3 Å². The molecule has 2 N–H and O–H groups in total. The van der Waals surface area contributed by atoms with Gasteiger partial charge in [0.2, 0.25) is 5.91 Å². The highest BCUT2D eigenvalue weighted by atomic mass is 32.1. The molecule has 4 rings (SSSR count). The van der Waals surface area contributed by atoms with Crippen molar-refractivity contribution in [2.45, 2.75) is 20.8 Å². The van der Waals surface area contributed by atoms with Crippen molar-refractivity contribution >= 4 is 40.5 Å². The molecule has 3 aromatic heterocycles. The van der Waals surface area contributed by atoms with Crippen LogP contribution < -0.4 is 10.6 Å². The van der Waals surface area contributed by atoms with Gasteiger partial charge >= 0.3 is 0 Å². The third-order valence-electron chi connectivity index (χ3n) is 4.89. The molecule has 0 atom stereocenters. The van der Waals surface area contributed by atoms with Gasteiger partial charge in [0.05, 0.1) is 5.69 Å². The Bertz CT molecular complexity index is 1210. The van der Waals surface area contributed by atoms with Crippen LogP contribution in [0.2, 0.25) is 0 Å². The lowest BCUT2D eigenvalue weighted by Crippen LogP contribution is -2.07. The van der Waals surface area contributed by atoms with E-state index in [9.17, 15) is 4.79 Å². The smallest absolute Gasteiger partial charge is 0.248 e. The first-order valence-electron chi connectivity index (χ1n) is 9.76. The topological polar surface area (TPSA) is 84.7 Å². The Hall–Kier alpha value is -3.78. The summed E-state index contributed by atoms with van der Waals surface area (Å²) in [7, 11) is 0. The second kappa shape index (κ2) is 8.93. The molecule has 0 aliphatic rings. The van der Waals surface area contributed by atoms with Gasteiger partial charge in [0.1, 0.15) is 0 Å². The van der Waals surface area contributed by atoms with Crippen LogP contribution in [-0.4, -0.2) is 25.9 Å². The highest BCUT2D eigenvalue weighted by molar-refractivity contribution is 7.10. The zero-order valence-corrected chi connectivity index (χ0v) is 18.3. The van der Waals surface area contributed by atoms with E-state index in [0.717, 1.165) is 27.5 Å². The first-order chi connectivity index (χ1) is 15.0. The summed E-state index contributed by atoms with van der Waals surface area (Å²) >= 11 is 1.58. The first-order valence-corrected chi connectivity index (χ1v) is 10.6. The van der Waals surface area contributed by atoms with Gasteiger partial charge < -0.3 is 10.6 Å². The fourth-order valence-electron chi connectivity index (χ4n) is 2.96. The second-order valence-corrected chi connectivity index (χ2v) is 8.00. The number of nitrogens with zero attached hydrogens (tertiary/aromatic N) is 4. The summed E-state index contributed by atoms with van der Waals surface area (Å²) in [5.41, 5.74) is 4.74. The number of hydrogen-bond donors (Lipinski definition) is 2. The predicted molar refractivity (Wildman–Crippen MR) is 125 cm³/mol. The fourth-order valence-corrected chi connectivity index (χ4v) is 3.58. The zero-order valence-electron chi connectivity index (χ0n) is 17.5. The summed E-state index contributed by atoms with van der Waals surface area (Å²) in [6.07, 6.45) is 3.32. The van der Waals surface area contributed by atoms with Crippen molar-refractivity contribution in [2.75, 3.05) is 10.6 Å².